The molecule has 2 N–H and O–H groups in total. The van der Waals surface area contributed by atoms with E-state index in [-0.39, 0.29) is 6.61 Å². The van der Waals surface area contributed by atoms with E-state index in [4.69, 9.17) is 10.2 Å². The van der Waals surface area contributed by atoms with Crippen LogP contribution in [0.2, 0.25) is 0 Å². The van der Waals surface area contributed by atoms with Gasteiger partial charge in [0.25, 0.3) is 0 Å². The molecule has 4 heteroatoms. The number of nitrogens with zero attached hydrogens (tertiary/aromatic N) is 1. The summed E-state index contributed by atoms with van der Waals surface area (Å²) in [4.78, 5) is 11.1. The third kappa shape index (κ3) is 2.31. The fourth-order valence-corrected chi connectivity index (χ4v) is 2.01. The van der Waals surface area contributed by atoms with Gasteiger partial charge in [0.05, 0.1) is 11.1 Å². The van der Waals surface area contributed by atoms with Gasteiger partial charge >= 0.3 is 5.97 Å². The molecular weight excluding hydrogens is 218 g/mol. The van der Waals surface area contributed by atoms with Crippen LogP contribution in [0.25, 0.3) is 10.9 Å². The van der Waals surface area contributed by atoms with Gasteiger partial charge < -0.3 is 14.8 Å². The zero-order valence-corrected chi connectivity index (χ0v) is 9.47. The van der Waals surface area contributed by atoms with Gasteiger partial charge in [-0.1, -0.05) is 12.1 Å². The summed E-state index contributed by atoms with van der Waals surface area (Å²) in [6, 6.07) is 7.20. The molecule has 0 amide bonds. The molecule has 0 bridgehead atoms. The van der Waals surface area contributed by atoms with E-state index in [1.165, 1.54) is 0 Å². The number of aliphatic hydroxyl groups is 1. The first-order valence-electron chi connectivity index (χ1n) is 5.66. The standard InChI is InChI=1S/C13H15NO3/c15-9-2-1-7-14-8-6-10-4-3-5-11(12(10)14)13(16)17/h3-6,8,15H,1-2,7,9H2,(H,16,17). The Morgan fingerprint density at radius 1 is 1.24 bits per heavy atom. The second-order valence-electron chi connectivity index (χ2n) is 3.99. The zero-order chi connectivity index (χ0) is 12.3. The highest BCUT2D eigenvalue weighted by Crippen LogP contribution is 2.21. The Hall–Kier alpha value is -1.81. The molecule has 0 fully saturated rings. The number of aromatic carboxylic acids is 1. The maximum atomic E-state index is 11.1. The molecule has 0 spiro atoms. The molecule has 90 valence electrons. The molecule has 0 aliphatic heterocycles. The van der Waals surface area contributed by atoms with Crippen LogP contribution in [0.4, 0.5) is 0 Å². The van der Waals surface area contributed by atoms with Gasteiger partial charge in [-0.05, 0) is 25.0 Å². The number of hydrogen-bond donors (Lipinski definition) is 2. The molecule has 1 heterocycles. The second kappa shape index (κ2) is 5.01. The number of fused-ring (bicyclic) bond motifs is 1. The quantitative estimate of drug-likeness (QED) is 0.777. The molecule has 17 heavy (non-hydrogen) atoms. The number of unbranched alkanes of at least 4 members (excludes halogenated alkanes) is 1. The van der Waals surface area contributed by atoms with Crippen molar-refractivity contribution in [3.05, 3.63) is 36.0 Å². The van der Waals surface area contributed by atoms with Gasteiger partial charge in [0.15, 0.2) is 0 Å². The van der Waals surface area contributed by atoms with Crippen molar-refractivity contribution >= 4 is 16.9 Å². The minimum absolute atomic E-state index is 0.172. The minimum Gasteiger partial charge on any atom is -0.478 e. The van der Waals surface area contributed by atoms with Crippen molar-refractivity contribution in [1.29, 1.82) is 0 Å². The van der Waals surface area contributed by atoms with Crippen molar-refractivity contribution in [3.63, 3.8) is 0 Å². The van der Waals surface area contributed by atoms with Crippen LogP contribution in [-0.2, 0) is 6.54 Å². The summed E-state index contributed by atoms with van der Waals surface area (Å²) < 4.78 is 1.94. The van der Waals surface area contributed by atoms with Gasteiger partial charge in [-0.2, -0.15) is 0 Å². The van der Waals surface area contributed by atoms with Gasteiger partial charge in [-0.25, -0.2) is 4.79 Å². The lowest BCUT2D eigenvalue weighted by molar-refractivity contribution is 0.0698. The Morgan fingerprint density at radius 2 is 2.06 bits per heavy atom. The van der Waals surface area contributed by atoms with Crippen LogP contribution in [0.1, 0.15) is 23.2 Å². The van der Waals surface area contributed by atoms with E-state index < -0.39 is 5.97 Å². The highest BCUT2D eigenvalue weighted by molar-refractivity contribution is 6.02. The van der Waals surface area contributed by atoms with Gasteiger partial charge in [0.2, 0.25) is 0 Å². The molecule has 2 aromatic rings. The van der Waals surface area contributed by atoms with E-state index in [2.05, 4.69) is 0 Å². The Kier molecular flexibility index (Phi) is 3.44. The van der Waals surface area contributed by atoms with Crippen LogP contribution in [0.15, 0.2) is 30.5 Å². The smallest absolute Gasteiger partial charge is 0.337 e. The summed E-state index contributed by atoms with van der Waals surface area (Å²) >= 11 is 0. The molecule has 0 aliphatic rings. The summed E-state index contributed by atoms with van der Waals surface area (Å²) in [5.41, 5.74) is 1.09. The number of carboxylic acids is 1. The molecule has 0 aliphatic carbocycles. The van der Waals surface area contributed by atoms with Gasteiger partial charge in [-0.15, -0.1) is 0 Å². The Bertz CT molecular complexity index is 530. The monoisotopic (exact) mass is 233 g/mol. The zero-order valence-electron chi connectivity index (χ0n) is 9.47. The molecule has 1 aromatic heterocycles. The number of carboxylic acid groups (broad SMARTS) is 1. The van der Waals surface area contributed by atoms with Crippen LogP contribution >= 0.6 is 0 Å². The predicted molar refractivity (Wildman–Crippen MR) is 65.2 cm³/mol. The van der Waals surface area contributed by atoms with Gasteiger partial charge in [0, 0.05) is 24.7 Å². The van der Waals surface area contributed by atoms with Crippen LogP contribution in [0, 0.1) is 0 Å². The van der Waals surface area contributed by atoms with E-state index in [1.807, 2.05) is 22.9 Å². The molecule has 0 radical (unpaired) electrons. The SMILES string of the molecule is O=C(O)c1cccc2ccn(CCCCO)c12. The molecule has 4 nitrogen and oxygen atoms in total. The van der Waals surface area contributed by atoms with Crippen molar-refractivity contribution in [2.45, 2.75) is 19.4 Å². The summed E-state index contributed by atoms with van der Waals surface area (Å²) in [6.07, 6.45) is 3.47. The number of rotatable bonds is 5. The number of carbonyl (C=O) groups is 1. The summed E-state index contributed by atoms with van der Waals surface area (Å²) in [6.45, 7) is 0.902. The molecule has 2 rings (SSSR count). The number of aromatic nitrogens is 1. The number of para-hydroxylation sites is 1. The minimum atomic E-state index is -0.905. The van der Waals surface area contributed by atoms with E-state index in [1.54, 1.807) is 12.1 Å². The van der Waals surface area contributed by atoms with Crippen molar-refractivity contribution in [2.24, 2.45) is 0 Å². The third-order valence-corrected chi connectivity index (χ3v) is 2.83. The lowest BCUT2D eigenvalue weighted by Crippen LogP contribution is -2.03. The van der Waals surface area contributed by atoms with Crippen molar-refractivity contribution < 1.29 is 15.0 Å². The Labute approximate surface area is 99.1 Å². The topological polar surface area (TPSA) is 62.5 Å². The fraction of sp³-hybridized carbons (Fsp3) is 0.308. The molecule has 0 atom stereocenters. The van der Waals surface area contributed by atoms with Gasteiger partial charge in [-0.3, -0.25) is 0 Å². The van der Waals surface area contributed by atoms with Crippen LogP contribution in [0.5, 0.6) is 0 Å². The van der Waals surface area contributed by atoms with Crippen LogP contribution < -0.4 is 0 Å². The van der Waals surface area contributed by atoms with Crippen molar-refractivity contribution in [1.82, 2.24) is 4.57 Å². The second-order valence-corrected chi connectivity index (χ2v) is 3.99. The number of aliphatic hydroxyl groups excluding tert-OH is 1. The fourth-order valence-electron chi connectivity index (χ4n) is 2.01. The number of benzene rings is 1. The first kappa shape index (κ1) is 11.7. The first-order chi connectivity index (χ1) is 8.24. The van der Waals surface area contributed by atoms with E-state index in [9.17, 15) is 4.79 Å². The number of aryl methyl sites for hydroxylation is 1. The highest BCUT2D eigenvalue weighted by atomic mass is 16.4. The molecule has 0 saturated carbocycles. The maximum absolute atomic E-state index is 11.1. The van der Waals surface area contributed by atoms with Crippen molar-refractivity contribution in [2.75, 3.05) is 6.61 Å². The Balaban J connectivity index is 2.39. The highest BCUT2D eigenvalue weighted by Gasteiger charge is 2.11. The third-order valence-electron chi connectivity index (χ3n) is 2.83. The average Bonchev–Trinajstić information content (AvgIpc) is 2.73. The van der Waals surface area contributed by atoms with Gasteiger partial charge in [0.1, 0.15) is 0 Å². The molecule has 0 unspecified atom stereocenters. The Morgan fingerprint density at radius 3 is 2.76 bits per heavy atom. The molecule has 1 aromatic carbocycles. The van der Waals surface area contributed by atoms with Crippen molar-refractivity contribution in [3.8, 4) is 0 Å². The van der Waals surface area contributed by atoms with Crippen LogP contribution in [-0.4, -0.2) is 27.4 Å². The largest absolute Gasteiger partial charge is 0.478 e. The van der Waals surface area contributed by atoms with E-state index in [0.29, 0.717) is 5.56 Å². The van der Waals surface area contributed by atoms with E-state index in [0.717, 1.165) is 30.3 Å². The molecular formula is C13H15NO3. The lowest BCUT2D eigenvalue weighted by atomic mass is 10.1. The summed E-state index contributed by atoms with van der Waals surface area (Å²) in [5.74, 6) is -0.905. The summed E-state index contributed by atoms with van der Waals surface area (Å²) in [7, 11) is 0. The van der Waals surface area contributed by atoms with Crippen LogP contribution in [0.3, 0.4) is 0 Å². The average molecular weight is 233 g/mol. The predicted octanol–water partition coefficient (Wildman–Crippen LogP) is 2.11. The van der Waals surface area contributed by atoms with E-state index >= 15 is 0 Å². The summed E-state index contributed by atoms with van der Waals surface area (Å²) in [5, 5.41) is 18.8. The lowest BCUT2D eigenvalue weighted by Gasteiger charge is -2.07. The molecule has 0 saturated heterocycles. The first-order valence-corrected chi connectivity index (χ1v) is 5.66. The number of hydrogen-bond acceptors (Lipinski definition) is 2. The normalized spacial score (nSPS) is 10.9. The maximum Gasteiger partial charge on any atom is 0.337 e.